The van der Waals surface area contributed by atoms with Gasteiger partial charge >= 0.3 is 0 Å². The van der Waals surface area contributed by atoms with Crippen LogP contribution in [0.2, 0.25) is 10.0 Å². The van der Waals surface area contributed by atoms with E-state index >= 15 is 0 Å². The van der Waals surface area contributed by atoms with Crippen molar-refractivity contribution in [3.05, 3.63) is 33.8 Å². The zero-order valence-electron chi connectivity index (χ0n) is 8.04. The molecule has 1 aromatic rings. The van der Waals surface area contributed by atoms with E-state index in [2.05, 4.69) is 4.18 Å². The molecule has 0 aliphatic carbocycles. The van der Waals surface area contributed by atoms with Gasteiger partial charge in [0.25, 0.3) is 10.1 Å². The average Bonchev–Trinajstić information content (AvgIpc) is 2.09. The van der Waals surface area contributed by atoms with Gasteiger partial charge in [-0.1, -0.05) is 23.2 Å². The second-order valence-corrected chi connectivity index (χ2v) is 5.50. The van der Waals surface area contributed by atoms with Crippen molar-refractivity contribution in [1.29, 1.82) is 0 Å². The van der Waals surface area contributed by atoms with E-state index in [-0.39, 0.29) is 6.61 Å². The fraction of sp³-hybridized carbons (Fsp3) is 0.333. The molecule has 0 unspecified atom stereocenters. The zero-order valence-corrected chi connectivity index (χ0v) is 10.4. The van der Waals surface area contributed by atoms with Crippen LogP contribution in [0.1, 0.15) is 5.56 Å². The highest BCUT2D eigenvalue weighted by Crippen LogP contribution is 2.21. The van der Waals surface area contributed by atoms with Gasteiger partial charge in [-0.2, -0.15) is 8.42 Å². The Balaban J connectivity index is 2.61. The summed E-state index contributed by atoms with van der Waals surface area (Å²) in [7, 11) is -3.39. The SMILES string of the molecule is CS(=O)(=O)OCCc1cc(Cl)ccc1Cl. The molecular weight excluding hydrogens is 259 g/mol. The minimum absolute atomic E-state index is 0.0683. The fourth-order valence-corrected chi connectivity index (χ4v) is 1.83. The molecule has 0 amide bonds. The molecule has 0 aliphatic rings. The maximum Gasteiger partial charge on any atom is 0.264 e. The number of rotatable bonds is 4. The van der Waals surface area contributed by atoms with E-state index in [1.165, 1.54) is 0 Å². The van der Waals surface area contributed by atoms with Crippen molar-refractivity contribution in [2.75, 3.05) is 12.9 Å². The number of hydrogen-bond donors (Lipinski definition) is 0. The molecule has 0 radical (unpaired) electrons. The van der Waals surface area contributed by atoms with Crippen LogP contribution >= 0.6 is 23.2 Å². The summed E-state index contributed by atoms with van der Waals surface area (Å²) in [5, 5.41) is 1.12. The molecule has 84 valence electrons. The molecular formula is C9H10Cl2O3S. The molecule has 0 spiro atoms. The van der Waals surface area contributed by atoms with Gasteiger partial charge in [0.05, 0.1) is 12.9 Å². The lowest BCUT2D eigenvalue weighted by Gasteiger charge is -2.04. The Morgan fingerprint density at radius 3 is 2.60 bits per heavy atom. The molecule has 0 aliphatic heterocycles. The summed E-state index contributed by atoms with van der Waals surface area (Å²) in [6.07, 6.45) is 1.42. The van der Waals surface area contributed by atoms with Crippen molar-refractivity contribution in [3.63, 3.8) is 0 Å². The normalized spacial score (nSPS) is 11.7. The van der Waals surface area contributed by atoms with E-state index in [1.807, 2.05) is 0 Å². The van der Waals surface area contributed by atoms with Gasteiger partial charge in [0.1, 0.15) is 0 Å². The monoisotopic (exact) mass is 268 g/mol. The molecule has 0 atom stereocenters. The lowest BCUT2D eigenvalue weighted by atomic mass is 10.2. The van der Waals surface area contributed by atoms with Gasteiger partial charge in [-0.3, -0.25) is 4.18 Å². The largest absolute Gasteiger partial charge is 0.270 e. The smallest absolute Gasteiger partial charge is 0.264 e. The van der Waals surface area contributed by atoms with E-state index in [4.69, 9.17) is 23.2 Å². The molecule has 0 N–H and O–H groups in total. The van der Waals surface area contributed by atoms with E-state index in [9.17, 15) is 8.42 Å². The van der Waals surface area contributed by atoms with Gasteiger partial charge in [-0.15, -0.1) is 0 Å². The van der Waals surface area contributed by atoms with Crippen LogP contribution in [0.3, 0.4) is 0 Å². The molecule has 3 nitrogen and oxygen atoms in total. The van der Waals surface area contributed by atoms with Gasteiger partial charge in [-0.05, 0) is 30.2 Å². The van der Waals surface area contributed by atoms with Crippen molar-refractivity contribution >= 4 is 33.3 Å². The van der Waals surface area contributed by atoms with E-state index in [1.54, 1.807) is 18.2 Å². The second-order valence-electron chi connectivity index (χ2n) is 3.01. The van der Waals surface area contributed by atoms with E-state index < -0.39 is 10.1 Å². The number of halogens is 2. The van der Waals surface area contributed by atoms with Crippen LogP contribution in [0.25, 0.3) is 0 Å². The van der Waals surface area contributed by atoms with Crippen LogP contribution in [0, 0.1) is 0 Å². The van der Waals surface area contributed by atoms with E-state index in [0.717, 1.165) is 11.8 Å². The quantitative estimate of drug-likeness (QED) is 0.789. The van der Waals surface area contributed by atoms with Gasteiger partial charge in [0, 0.05) is 10.0 Å². The Bertz CT molecular complexity index is 443. The Labute approximate surface area is 99.1 Å². The summed E-state index contributed by atoms with van der Waals surface area (Å²) >= 11 is 11.7. The molecule has 0 aromatic heterocycles. The van der Waals surface area contributed by atoms with Gasteiger partial charge in [0.2, 0.25) is 0 Å². The fourth-order valence-electron chi connectivity index (χ4n) is 1.04. The summed E-state index contributed by atoms with van der Waals surface area (Å²) in [5.74, 6) is 0. The summed E-state index contributed by atoms with van der Waals surface area (Å²) < 4.78 is 26.0. The van der Waals surface area contributed by atoms with Crippen molar-refractivity contribution in [1.82, 2.24) is 0 Å². The molecule has 6 heteroatoms. The van der Waals surface area contributed by atoms with Gasteiger partial charge < -0.3 is 0 Å². The Morgan fingerprint density at radius 1 is 1.33 bits per heavy atom. The van der Waals surface area contributed by atoms with Crippen molar-refractivity contribution < 1.29 is 12.6 Å². The van der Waals surface area contributed by atoms with Crippen molar-refractivity contribution in [3.8, 4) is 0 Å². The highest BCUT2D eigenvalue weighted by molar-refractivity contribution is 7.85. The predicted molar refractivity (Wildman–Crippen MR) is 61.0 cm³/mol. The lowest BCUT2D eigenvalue weighted by molar-refractivity contribution is 0.326. The second kappa shape index (κ2) is 5.16. The standard InChI is InChI=1S/C9H10Cl2O3S/c1-15(12,13)14-5-4-7-6-8(10)2-3-9(7)11/h2-3,6H,4-5H2,1H3. The van der Waals surface area contributed by atoms with Crippen LogP contribution < -0.4 is 0 Å². The average molecular weight is 269 g/mol. The molecule has 0 bridgehead atoms. The van der Waals surface area contributed by atoms with Crippen LogP contribution in [0.15, 0.2) is 18.2 Å². The third kappa shape index (κ3) is 4.84. The number of benzene rings is 1. The molecule has 0 heterocycles. The first-order valence-electron chi connectivity index (χ1n) is 4.17. The number of hydrogen-bond acceptors (Lipinski definition) is 3. The minimum atomic E-state index is -3.39. The molecule has 15 heavy (non-hydrogen) atoms. The maximum absolute atomic E-state index is 10.7. The Morgan fingerprint density at radius 2 is 2.00 bits per heavy atom. The minimum Gasteiger partial charge on any atom is -0.270 e. The van der Waals surface area contributed by atoms with Crippen molar-refractivity contribution in [2.24, 2.45) is 0 Å². The first kappa shape index (κ1) is 12.8. The molecule has 1 aromatic carbocycles. The first-order chi connectivity index (χ1) is 6.88. The van der Waals surface area contributed by atoms with Crippen LogP contribution in [-0.4, -0.2) is 21.3 Å². The van der Waals surface area contributed by atoms with Crippen molar-refractivity contribution in [2.45, 2.75) is 6.42 Å². The Kier molecular flexibility index (Phi) is 4.40. The van der Waals surface area contributed by atoms with Crippen LogP contribution in [0.5, 0.6) is 0 Å². The molecule has 1 rings (SSSR count). The van der Waals surface area contributed by atoms with Crippen LogP contribution in [0.4, 0.5) is 0 Å². The summed E-state index contributed by atoms with van der Waals surface area (Å²) in [5.41, 5.74) is 0.771. The highest BCUT2D eigenvalue weighted by Gasteiger charge is 2.05. The summed E-state index contributed by atoms with van der Waals surface area (Å²) in [6.45, 7) is 0.0683. The topological polar surface area (TPSA) is 43.4 Å². The molecule has 0 fully saturated rings. The third-order valence-electron chi connectivity index (χ3n) is 1.68. The lowest BCUT2D eigenvalue weighted by Crippen LogP contribution is -2.06. The zero-order chi connectivity index (χ0) is 11.5. The molecule has 0 saturated carbocycles. The van der Waals surface area contributed by atoms with Gasteiger partial charge in [-0.25, -0.2) is 0 Å². The van der Waals surface area contributed by atoms with Gasteiger partial charge in [0.15, 0.2) is 0 Å². The Hall–Kier alpha value is -0.290. The highest BCUT2D eigenvalue weighted by atomic mass is 35.5. The maximum atomic E-state index is 10.7. The molecule has 0 saturated heterocycles. The van der Waals surface area contributed by atoms with Crippen LogP contribution in [-0.2, 0) is 20.7 Å². The summed E-state index contributed by atoms with van der Waals surface area (Å²) in [4.78, 5) is 0. The van der Waals surface area contributed by atoms with E-state index in [0.29, 0.717) is 16.5 Å². The first-order valence-corrected chi connectivity index (χ1v) is 6.74. The summed E-state index contributed by atoms with van der Waals surface area (Å²) in [6, 6.07) is 5.03. The predicted octanol–water partition coefficient (Wildman–Crippen LogP) is 2.51. The third-order valence-corrected chi connectivity index (χ3v) is 2.88.